The Bertz CT molecular complexity index is 509. The molecule has 1 aromatic rings. The highest BCUT2D eigenvalue weighted by molar-refractivity contribution is 9.09. The largest absolute Gasteiger partial charge is 0.381 e. The molecule has 0 amide bonds. The zero-order valence-corrected chi connectivity index (χ0v) is 13.2. The average Bonchev–Trinajstić information content (AvgIpc) is 2.77. The van der Waals surface area contributed by atoms with Crippen LogP contribution in [0.2, 0.25) is 0 Å². The number of aromatic nitrogens is 1. The minimum absolute atomic E-state index is 0.270. The van der Waals surface area contributed by atoms with Gasteiger partial charge in [-0.1, -0.05) is 15.9 Å². The van der Waals surface area contributed by atoms with Gasteiger partial charge < -0.3 is 4.74 Å². The monoisotopic (exact) mass is 354 g/mol. The summed E-state index contributed by atoms with van der Waals surface area (Å²) in [6.07, 6.45) is 2.76. The number of sulfonamides is 1. The van der Waals surface area contributed by atoms with Crippen molar-refractivity contribution >= 4 is 37.3 Å². The number of halogens is 1. The molecule has 0 radical (unpaired) electrons. The molecule has 0 aliphatic carbocycles. The van der Waals surface area contributed by atoms with Crippen molar-refractivity contribution in [3.05, 3.63) is 11.2 Å². The maximum Gasteiger partial charge on any atom is 0.252 e. The number of nitrogens with one attached hydrogen (secondary N) is 1. The molecule has 0 bridgehead atoms. The SMILES string of the molecule is Cc1ncc(S(=O)(=O)NC2(CBr)CCOCC2)s1. The molecule has 0 saturated carbocycles. The summed E-state index contributed by atoms with van der Waals surface area (Å²) in [5, 5.41) is 1.33. The number of alkyl halides is 1. The maximum atomic E-state index is 12.3. The number of rotatable bonds is 4. The van der Waals surface area contributed by atoms with E-state index in [4.69, 9.17) is 4.74 Å². The Balaban J connectivity index is 2.21. The number of thiazole rings is 1. The summed E-state index contributed by atoms with van der Waals surface area (Å²) >= 11 is 4.59. The first-order valence-corrected chi connectivity index (χ1v) is 9.00. The van der Waals surface area contributed by atoms with E-state index >= 15 is 0 Å². The van der Waals surface area contributed by atoms with E-state index < -0.39 is 15.6 Å². The lowest BCUT2D eigenvalue weighted by atomic mass is 9.94. The van der Waals surface area contributed by atoms with Crippen molar-refractivity contribution in [2.24, 2.45) is 0 Å². The Morgan fingerprint density at radius 2 is 2.22 bits per heavy atom. The highest BCUT2D eigenvalue weighted by Crippen LogP contribution is 2.27. The van der Waals surface area contributed by atoms with Gasteiger partial charge >= 0.3 is 0 Å². The fraction of sp³-hybridized carbons (Fsp3) is 0.700. The summed E-state index contributed by atoms with van der Waals surface area (Å²) in [6, 6.07) is 0. The van der Waals surface area contributed by atoms with E-state index in [1.807, 2.05) is 0 Å². The molecule has 0 unspecified atom stereocenters. The van der Waals surface area contributed by atoms with Crippen LogP contribution < -0.4 is 4.72 Å². The molecular weight excluding hydrogens is 340 g/mol. The number of aryl methyl sites for hydroxylation is 1. The van der Waals surface area contributed by atoms with E-state index in [2.05, 4.69) is 25.6 Å². The molecule has 1 aromatic heterocycles. The van der Waals surface area contributed by atoms with Gasteiger partial charge in [-0.2, -0.15) is 0 Å². The molecule has 1 aliphatic rings. The smallest absolute Gasteiger partial charge is 0.252 e. The van der Waals surface area contributed by atoms with Crippen LogP contribution in [-0.4, -0.2) is 37.5 Å². The molecule has 2 heterocycles. The third kappa shape index (κ3) is 3.11. The molecule has 1 saturated heterocycles. The summed E-state index contributed by atoms with van der Waals surface area (Å²) in [4.78, 5) is 3.99. The summed E-state index contributed by atoms with van der Waals surface area (Å²) in [5.74, 6) is 0. The molecule has 8 heteroatoms. The summed E-state index contributed by atoms with van der Waals surface area (Å²) in [7, 11) is -3.49. The van der Waals surface area contributed by atoms with Gasteiger partial charge in [-0.05, 0) is 19.8 Å². The van der Waals surface area contributed by atoms with Crippen LogP contribution in [0.4, 0.5) is 0 Å². The molecule has 2 rings (SSSR count). The quantitative estimate of drug-likeness (QED) is 0.835. The minimum atomic E-state index is -3.49. The lowest BCUT2D eigenvalue weighted by Crippen LogP contribution is -2.53. The van der Waals surface area contributed by atoms with Gasteiger partial charge in [-0.3, -0.25) is 0 Å². The van der Waals surface area contributed by atoms with Gasteiger partial charge in [0, 0.05) is 24.1 Å². The summed E-state index contributed by atoms with van der Waals surface area (Å²) in [5.41, 5.74) is -0.449. The number of nitrogens with zero attached hydrogens (tertiary/aromatic N) is 1. The van der Waals surface area contributed by atoms with Crippen molar-refractivity contribution in [3.63, 3.8) is 0 Å². The highest BCUT2D eigenvalue weighted by atomic mass is 79.9. The number of hydrogen-bond acceptors (Lipinski definition) is 5. The molecule has 102 valence electrons. The van der Waals surface area contributed by atoms with Crippen LogP contribution in [0.15, 0.2) is 10.4 Å². The molecule has 0 atom stereocenters. The van der Waals surface area contributed by atoms with Gasteiger partial charge in [0.25, 0.3) is 10.0 Å². The van der Waals surface area contributed by atoms with Gasteiger partial charge in [0.2, 0.25) is 0 Å². The first-order valence-electron chi connectivity index (χ1n) is 5.58. The van der Waals surface area contributed by atoms with E-state index in [0.717, 1.165) is 5.01 Å². The summed E-state index contributed by atoms with van der Waals surface area (Å²) in [6.45, 7) is 2.95. The Hall–Kier alpha value is -0.0200. The van der Waals surface area contributed by atoms with E-state index in [-0.39, 0.29) is 4.21 Å². The van der Waals surface area contributed by atoms with Crippen molar-refractivity contribution in [3.8, 4) is 0 Å². The van der Waals surface area contributed by atoms with E-state index in [0.29, 0.717) is 31.4 Å². The van der Waals surface area contributed by atoms with E-state index in [1.54, 1.807) is 6.92 Å². The fourth-order valence-electron chi connectivity index (χ4n) is 1.83. The highest BCUT2D eigenvalue weighted by Gasteiger charge is 2.36. The zero-order valence-electron chi connectivity index (χ0n) is 9.98. The van der Waals surface area contributed by atoms with Crippen molar-refractivity contribution in [1.29, 1.82) is 0 Å². The second-order valence-electron chi connectivity index (χ2n) is 4.33. The summed E-state index contributed by atoms with van der Waals surface area (Å²) < 4.78 is 32.9. The first kappa shape index (κ1) is 14.4. The lowest BCUT2D eigenvalue weighted by Gasteiger charge is -2.35. The fourth-order valence-corrected chi connectivity index (χ4v) is 5.28. The average molecular weight is 355 g/mol. The zero-order chi connectivity index (χ0) is 13.2. The van der Waals surface area contributed by atoms with E-state index in [1.165, 1.54) is 17.5 Å². The third-order valence-electron chi connectivity index (χ3n) is 2.92. The molecule has 0 spiro atoms. The van der Waals surface area contributed by atoms with Crippen molar-refractivity contribution in [2.75, 3.05) is 18.5 Å². The maximum absolute atomic E-state index is 12.3. The molecule has 1 aliphatic heterocycles. The third-order valence-corrected chi connectivity index (χ3v) is 6.95. The molecule has 18 heavy (non-hydrogen) atoms. The van der Waals surface area contributed by atoms with Gasteiger partial charge in [0.1, 0.15) is 0 Å². The van der Waals surface area contributed by atoms with Crippen LogP contribution in [0.5, 0.6) is 0 Å². The molecule has 5 nitrogen and oxygen atoms in total. The Morgan fingerprint density at radius 3 is 2.72 bits per heavy atom. The van der Waals surface area contributed by atoms with Crippen LogP contribution in [0.25, 0.3) is 0 Å². The first-order chi connectivity index (χ1) is 8.47. The Morgan fingerprint density at radius 1 is 1.56 bits per heavy atom. The molecule has 0 aromatic carbocycles. The van der Waals surface area contributed by atoms with Crippen LogP contribution in [0.3, 0.4) is 0 Å². The lowest BCUT2D eigenvalue weighted by molar-refractivity contribution is 0.0557. The van der Waals surface area contributed by atoms with Crippen LogP contribution >= 0.6 is 27.3 Å². The Labute approximate surface area is 119 Å². The molecule has 1 N–H and O–H groups in total. The Kier molecular flexibility index (Phi) is 4.43. The second-order valence-corrected chi connectivity index (χ2v) is 8.03. The van der Waals surface area contributed by atoms with Gasteiger partial charge in [-0.15, -0.1) is 11.3 Å². The molecule has 1 fully saturated rings. The van der Waals surface area contributed by atoms with Crippen LogP contribution in [-0.2, 0) is 14.8 Å². The van der Waals surface area contributed by atoms with Crippen LogP contribution in [0, 0.1) is 6.92 Å². The van der Waals surface area contributed by atoms with Crippen molar-refractivity contribution in [2.45, 2.75) is 29.5 Å². The molecular formula is C10H15BrN2O3S2. The predicted octanol–water partition coefficient (Wildman–Crippen LogP) is 1.67. The number of hydrogen-bond donors (Lipinski definition) is 1. The number of ether oxygens (including phenoxy) is 1. The van der Waals surface area contributed by atoms with Gasteiger partial charge in [-0.25, -0.2) is 18.1 Å². The van der Waals surface area contributed by atoms with Gasteiger partial charge in [0.15, 0.2) is 4.21 Å². The topological polar surface area (TPSA) is 68.3 Å². The van der Waals surface area contributed by atoms with E-state index in [9.17, 15) is 8.42 Å². The van der Waals surface area contributed by atoms with Crippen molar-refractivity contribution < 1.29 is 13.2 Å². The predicted molar refractivity (Wildman–Crippen MR) is 73.8 cm³/mol. The van der Waals surface area contributed by atoms with Crippen molar-refractivity contribution in [1.82, 2.24) is 9.71 Å². The standard InChI is InChI=1S/C10H15BrN2O3S2/c1-8-12-6-9(17-8)18(14,15)13-10(7-11)2-4-16-5-3-10/h6,13H,2-5,7H2,1H3. The normalized spacial score (nSPS) is 19.9. The second kappa shape index (κ2) is 5.54. The minimum Gasteiger partial charge on any atom is -0.381 e. The van der Waals surface area contributed by atoms with Crippen LogP contribution in [0.1, 0.15) is 17.8 Å². The van der Waals surface area contributed by atoms with Gasteiger partial charge in [0.05, 0.1) is 11.2 Å².